The Morgan fingerprint density at radius 3 is 2.00 bits per heavy atom. The number of benzene rings is 1. The molecule has 0 aromatic heterocycles. The maximum atomic E-state index is 12.0. The molecule has 0 saturated carbocycles. The zero-order chi connectivity index (χ0) is 13.9. The van der Waals surface area contributed by atoms with Crippen molar-refractivity contribution in [2.75, 3.05) is 13.6 Å². The summed E-state index contributed by atoms with van der Waals surface area (Å²) in [5.41, 5.74) is 0.160. The molecule has 0 fully saturated rings. The molecule has 1 aromatic rings. The second-order valence-electron chi connectivity index (χ2n) is 5.11. The van der Waals surface area contributed by atoms with Gasteiger partial charge in [0.15, 0.2) is 5.78 Å². The summed E-state index contributed by atoms with van der Waals surface area (Å²) in [5, 5.41) is 9.66. The van der Waals surface area contributed by atoms with Gasteiger partial charge in [-0.1, -0.05) is 12.1 Å². The highest BCUT2D eigenvalue weighted by molar-refractivity contribution is 5.97. The lowest BCUT2D eigenvalue weighted by Gasteiger charge is -2.25. The summed E-state index contributed by atoms with van der Waals surface area (Å²) in [4.78, 5) is 24.6. The van der Waals surface area contributed by atoms with Gasteiger partial charge in [-0.2, -0.15) is 0 Å². The van der Waals surface area contributed by atoms with Gasteiger partial charge < -0.3 is 10.0 Å². The minimum Gasteiger partial charge on any atom is -0.389 e. The van der Waals surface area contributed by atoms with Gasteiger partial charge in [-0.15, -0.1) is 0 Å². The fourth-order valence-corrected chi connectivity index (χ4v) is 1.72. The van der Waals surface area contributed by atoms with Gasteiger partial charge >= 0.3 is 0 Å². The van der Waals surface area contributed by atoms with Crippen LogP contribution >= 0.6 is 0 Å². The van der Waals surface area contributed by atoms with Crippen LogP contribution in [0.1, 0.15) is 41.5 Å². The van der Waals surface area contributed by atoms with Crippen LogP contribution in [0, 0.1) is 0 Å². The topological polar surface area (TPSA) is 57.6 Å². The highest BCUT2D eigenvalue weighted by Gasteiger charge is 2.20. The average molecular weight is 249 g/mol. The summed E-state index contributed by atoms with van der Waals surface area (Å²) in [6, 6.07) is 6.51. The first-order valence-electron chi connectivity index (χ1n) is 5.79. The molecule has 0 aliphatic heterocycles. The maximum absolute atomic E-state index is 12.0. The molecule has 1 amide bonds. The van der Waals surface area contributed by atoms with Crippen LogP contribution in [0.15, 0.2) is 24.3 Å². The molecular weight excluding hydrogens is 230 g/mol. The van der Waals surface area contributed by atoms with Gasteiger partial charge in [-0.05, 0) is 32.9 Å². The van der Waals surface area contributed by atoms with Crippen molar-refractivity contribution < 1.29 is 14.7 Å². The van der Waals surface area contributed by atoms with E-state index < -0.39 is 5.60 Å². The van der Waals surface area contributed by atoms with Crippen molar-refractivity contribution in [3.05, 3.63) is 35.4 Å². The first-order chi connectivity index (χ1) is 8.20. The molecule has 1 aromatic carbocycles. The molecule has 0 heterocycles. The maximum Gasteiger partial charge on any atom is 0.253 e. The predicted octanol–water partition coefficient (Wildman–Crippen LogP) is 1.73. The van der Waals surface area contributed by atoms with Gasteiger partial charge in [0.25, 0.3) is 5.91 Å². The first kappa shape index (κ1) is 14.4. The summed E-state index contributed by atoms with van der Waals surface area (Å²) in [5.74, 6) is -0.203. The molecular formula is C14H19NO3. The number of carbonyl (C=O) groups is 2. The van der Waals surface area contributed by atoms with E-state index >= 15 is 0 Å². The summed E-state index contributed by atoms with van der Waals surface area (Å²) in [6.45, 7) is 5.03. The molecule has 0 radical (unpaired) electrons. The van der Waals surface area contributed by atoms with Gasteiger partial charge in [0.05, 0.1) is 5.60 Å². The Kier molecular flexibility index (Phi) is 4.24. The molecule has 0 aliphatic rings. The van der Waals surface area contributed by atoms with Crippen LogP contribution in [0.3, 0.4) is 0 Å². The van der Waals surface area contributed by atoms with E-state index in [0.717, 1.165) is 0 Å². The van der Waals surface area contributed by atoms with Gasteiger partial charge in [-0.3, -0.25) is 9.59 Å². The first-order valence-corrected chi connectivity index (χ1v) is 5.79. The molecule has 98 valence electrons. The van der Waals surface area contributed by atoms with Crippen molar-refractivity contribution in [2.45, 2.75) is 26.4 Å². The molecule has 1 rings (SSSR count). The molecule has 18 heavy (non-hydrogen) atoms. The van der Waals surface area contributed by atoms with Crippen LogP contribution < -0.4 is 0 Å². The van der Waals surface area contributed by atoms with E-state index in [1.54, 1.807) is 45.2 Å². The largest absolute Gasteiger partial charge is 0.389 e. The average Bonchev–Trinajstić information content (AvgIpc) is 2.26. The van der Waals surface area contributed by atoms with Crippen molar-refractivity contribution in [1.82, 2.24) is 4.90 Å². The second-order valence-corrected chi connectivity index (χ2v) is 5.11. The van der Waals surface area contributed by atoms with Crippen molar-refractivity contribution in [3.8, 4) is 0 Å². The highest BCUT2D eigenvalue weighted by Crippen LogP contribution is 2.10. The van der Waals surface area contributed by atoms with E-state index in [1.165, 1.54) is 11.8 Å². The highest BCUT2D eigenvalue weighted by atomic mass is 16.3. The summed E-state index contributed by atoms with van der Waals surface area (Å²) >= 11 is 0. The van der Waals surface area contributed by atoms with E-state index in [9.17, 15) is 14.7 Å². The van der Waals surface area contributed by atoms with Gasteiger partial charge in [-0.25, -0.2) is 0 Å². The molecule has 0 unspecified atom stereocenters. The Morgan fingerprint density at radius 2 is 1.61 bits per heavy atom. The number of nitrogens with zero attached hydrogens (tertiary/aromatic N) is 1. The summed E-state index contributed by atoms with van der Waals surface area (Å²) < 4.78 is 0. The molecule has 0 spiro atoms. The van der Waals surface area contributed by atoms with Crippen LogP contribution in [0.5, 0.6) is 0 Å². The smallest absolute Gasteiger partial charge is 0.253 e. The third-order valence-electron chi connectivity index (χ3n) is 2.51. The van der Waals surface area contributed by atoms with Crippen molar-refractivity contribution >= 4 is 11.7 Å². The van der Waals surface area contributed by atoms with E-state index in [-0.39, 0.29) is 18.2 Å². The Hall–Kier alpha value is -1.68. The molecule has 4 heteroatoms. The molecule has 1 N–H and O–H groups in total. The summed E-state index contributed by atoms with van der Waals surface area (Å²) in [7, 11) is 1.64. The van der Waals surface area contributed by atoms with Crippen LogP contribution in [0.2, 0.25) is 0 Å². The fourth-order valence-electron chi connectivity index (χ4n) is 1.72. The van der Waals surface area contributed by atoms with Crippen molar-refractivity contribution in [3.63, 3.8) is 0 Å². The SMILES string of the molecule is CC(=O)c1ccc(C(=O)N(C)CC(C)(C)O)cc1. The lowest BCUT2D eigenvalue weighted by molar-refractivity contribution is 0.0368. The molecule has 0 atom stereocenters. The van der Waals surface area contributed by atoms with Gasteiger partial charge in [0.1, 0.15) is 0 Å². The zero-order valence-electron chi connectivity index (χ0n) is 11.2. The van der Waals surface area contributed by atoms with Crippen LogP contribution in [-0.4, -0.2) is 40.9 Å². The monoisotopic (exact) mass is 249 g/mol. The molecule has 0 aliphatic carbocycles. The minimum absolute atomic E-state index is 0.0288. The third-order valence-corrected chi connectivity index (χ3v) is 2.51. The number of amides is 1. The minimum atomic E-state index is -0.927. The number of hydrogen-bond donors (Lipinski definition) is 1. The van der Waals surface area contributed by atoms with E-state index in [1.807, 2.05) is 0 Å². The number of likely N-dealkylation sites (N-methyl/N-ethyl adjacent to an activating group) is 1. The lowest BCUT2D eigenvalue weighted by atomic mass is 10.1. The fraction of sp³-hybridized carbons (Fsp3) is 0.429. The van der Waals surface area contributed by atoms with Crippen LogP contribution in [0.4, 0.5) is 0 Å². The quantitative estimate of drug-likeness (QED) is 0.827. The van der Waals surface area contributed by atoms with Crippen LogP contribution in [0.25, 0.3) is 0 Å². The number of ketones is 1. The molecule has 0 bridgehead atoms. The number of rotatable bonds is 4. The summed E-state index contributed by atoms with van der Waals surface area (Å²) in [6.07, 6.45) is 0. The van der Waals surface area contributed by atoms with Crippen LogP contribution in [-0.2, 0) is 0 Å². The number of aliphatic hydroxyl groups is 1. The second kappa shape index (κ2) is 5.31. The predicted molar refractivity (Wildman–Crippen MR) is 69.7 cm³/mol. The zero-order valence-corrected chi connectivity index (χ0v) is 11.2. The molecule has 0 saturated heterocycles. The Balaban J connectivity index is 2.81. The lowest BCUT2D eigenvalue weighted by Crippen LogP contribution is -2.39. The van der Waals surface area contributed by atoms with E-state index in [4.69, 9.17) is 0 Å². The number of hydrogen-bond acceptors (Lipinski definition) is 3. The Morgan fingerprint density at radius 1 is 1.17 bits per heavy atom. The third kappa shape index (κ3) is 3.96. The standard InChI is InChI=1S/C14H19NO3/c1-10(16)11-5-7-12(8-6-11)13(17)15(4)9-14(2,3)18/h5-8,18H,9H2,1-4H3. The van der Waals surface area contributed by atoms with E-state index in [0.29, 0.717) is 11.1 Å². The molecule has 4 nitrogen and oxygen atoms in total. The van der Waals surface area contributed by atoms with Crippen molar-refractivity contribution in [2.24, 2.45) is 0 Å². The van der Waals surface area contributed by atoms with Gasteiger partial charge in [0, 0.05) is 24.7 Å². The number of carbonyl (C=O) groups excluding carboxylic acids is 2. The Bertz CT molecular complexity index is 443. The Labute approximate surface area is 107 Å². The van der Waals surface area contributed by atoms with Crippen molar-refractivity contribution in [1.29, 1.82) is 0 Å². The van der Waals surface area contributed by atoms with E-state index in [2.05, 4.69) is 0 Å². The van der Waals surface area contributed by atoms with Gasteiger partial charge in [0.2, 0.25) is 0 Å². The normalized spacial score (nSPS) is 11.2. The number of Topliss-reactive ketones (excluding diaryl/α,β-unsaturated/α-hetero) is 1.